The molecular formula is C25H27FN10O2. The highest BCUT2D eigenvalue weighted by Crippen LogP contribution is 2.29. The van der Waals surface area contributed by atoms with E-state index < -0.39 is 11.7 Å². The number of halogens is 1. The number of nitrogens with zero attached hydrogens (tertiary/aromatic N) is 8. The molecule has 0 aliphatic carbocycles. The molecule has 1 unspecified atom stereocenters. The van der Waals surface area contributed by atoms with Crippen LogP contribution in [0.25, 0.3) is 5.82 Å². The average molecular weight is 519 g/mol. The number of amides is 2. The number of hydrogen-bond acceptors (Lipinski definition) is 9. The number of carbonyl (C=O) groups excluding carboxylic acids is 2. The quantitative estimate of drug-likeness (QED) is 0.284. The van der Waals surface area contributed by atoms with Crippen LogP contribution in [0, 0.1) is 31.0 Å². The second kappa shape index (κ2) is 11.5. The summed E-state index contributed by atoms with van der Waals surface area (Å²) < 4.78 is 15.6. The molecule has 0 fully saturated rings. The second-order valence-corrected chi connectivity index (χ2v) is 8.71. The number of primary amides is 1. The van der Waals surface area contributed by atoms with E-state index in [1.807, 2.05) is 16.0 Å². The number of nitrogens with one attached hydrogen (secondary N) is 1. The molecule has 3 heterocycles. The zero-order chi connectivity index (χ0) is 27.2. The lowest BCUT2D eigenvalue weighted by molar-refractivity contribution is -0.109. The SMILES string of the molecule is Cc1nn(-c2cc(N(CCNC=O)CCN3N=CCC3c3cc(F)cc(C#N)c3)ncn2)c(C)c1C(N)=O. The predicted octanol–water partition coefficient (Wildman–Crippen LogP) is 1.37. The number of aromatic nitrogens is 4. The lowest BCUT2D eigenvalue weighted by Crippen LogP contribution is -2.38. The smallest absolute Gasteiger partial charge is 0.252 e. The molecule has 1 aliphatic rings. The van der Waals surface area contributed by atoms with Crippen LogP contribution in [0.5, 0.6) is 0 Å². The number of nitrogens with two attached hydrogens (primary N) is 1. The normalized spacial score (nSPS) is 14.4. The molecule has 0 spiro atoms. The fourth-order valence-corrected chi connectivity index (χ4v) is 4.52. The number of aryl methyl sites for hydroxylation is 1. The van der Waals surface area contributed by atoms with Crippen molar-refractivity contribution in [3.05, 3.63) is 64.5 Å². The molecule has 0 saturated carbocycles. The van der Waals surface area contributed by atoms with Crippen LogP contribution in [-0.4, -0.2) is 69.5 Å². The Morgan fingerprint density at radius 2 is 2.11 bits per heavy atom. The van der Waals surface area contributed by atoms with Gasteiger partial charge in [-0.1, -0.05) is 0 Å². The summed E-state index contributed by atoms with van der Waals surface area (Å²) >= 11 is 0. The van der Waals surface area contributed by atoms with Crippen molar-refractivity contribution in [2.75, 3.05) is 31.1 Å². The molecule has 4 rings (SSSR count). The Hall–Kier alpha value is -4.86. The van der Waals surface area contributed by atoms with Crippen molar-refractivity contribution in [1.82, 2.24) is 30.1 Å². The van der Waals surface area contributed by atoms with Crippen molar-refractivity contribution in [3.8, 4) is 11.9 Å². The monoisotopic (exact) mass is 518 g/mol. The minimum absolute atomic E-state index is 0.212. The lowest BCUT2D eigenvalue weighted by atomic mass is 10.0. The number of nitriles is 1. The summed E-state index contributed by atoms with van der Waals surface area (Å²) in [6.45, 7) is 5.19. The molecular weight excluding hydrogens is 491 g/mol. The van der Waals surface area contributed by atoms with Gasteiger partial charge in [0.2, 0.25) is 6.41 Å². The van der Waals surface area contributed by atoms with E-state index in [1.54, 1.807) is 36.9 Å². The fourth-order valence-electron chi connectivity index (χ4n) is 4.52. The molecule has 0 bridgehead atoms. The number of hydrogen-bond donors (Lipinski definition) is 2. The van der Waals surface area contributed by atoms with Gasteiger partial charge in [0.15, 0.2) is 5.82 Å². The Balaban J connectivity index is 1.57. The molecule has 1 aliphatic heterocycles. The minimum atomic E-state index is -0.567. The minimum Gasteiger partial charge on any atom is -0.365 e. The summed E-state index contributed by atoms with van der Waals surface area (Å²) in [5.41, 5.74) is 7.84. The zero-order valence-electron chi connectivity index (χ0n) is 21.0. The first-order valence-electron chi connectivity index (χ1n) is 11.9. The molecule has 1 aromatic carbocycles. The van der Waals surface area contributed by atoms with Gasteiger partial charge in [-0.15, -0.1) is 0 Å². The van der Waals surface area contributed by atoms with E-state index in [2.05, 4.69) is 25.5 Å². The summed E-state index contributed by atoms with van der Waals surface area (Å²) in [5.74, 6) is -0.00179. The Kier molecular flexibility index (Phi) is 7.91. The van der Waals surface area contributed by atoms with Crippen molar-refractivity contribution in [3.63, 3.8) is 0 Å². The number of carbonyl (C=O) groups is 2. The van der Waals surface area contributed by atoms with Gasteiger partial charge < -0.3 is 16.0 Å². The molecule has 196 valence electrons. The van der Waals surface area contributed by atoms with E-state index in [9.17, 15) is 19.2 Å². The van der Waals surface area contributed by atoms with Crippen molar-refractivity contribution < 1.29 is 14.0 Å². The highest BCUT2D eigenvalue weighted by molar-refractivity contribution is 5.95. The number of anilines is 1. The van der Waals surface area contributed by atoms with E-state index >= 15 is 0 Å². The van der Waals surface area contributed by atoms with Gasteiger partial charge in [-0.2, -0.15) is 15.5 Å². The van der Waals surface area contributed by atoms with Crippen molar-refractivity contribution in [2.45, 2.75) is 26.3 Å². The third-order valence-corrected chi connectivity index (χ3v) is 6.28. The molecule has 3 aromatic rings. The maximum atomic E-state index is 14.1. The average Bonchev–Trinajstić information content (AvgIpc) is 3.49. The van der Waals surface area contributed by atoms with E-state index in [4.69, 9.17) is 5.73 Å². The highest BCUT2D eigenvalue weighted by Gasteiger charge is 2.25. The molecule has 13 heteroatoms. The number of benzene rings is 1. The Bertz CT molecular complexity index is 1410. The van der Waals surface area contributed by atoms with Crippen molar-refractivity contribution >= 4 is 24.3 Å². The summed E-state index contributed by atoms with van der Waals surface area (Å²) in [4.78, 5) is 33.4. The van der Waals surface area contributed by atoms with Gasteiger partial charge in [-0.25, -0.2) is 19.0 Å². The Morgan fingerprint density at radius 1 is 1.29 bits per heavy atom. The molecule has 12 nitrogen and oxygen atoms in total. The summed E-state index contributed by atoms with van der Waals surface area (Å²) in [7, 11) is 0. The van der Waals surface area contributed by atoms with Crippen LogP contribution in [0.15, 0.2) is 35.7 Å². The van der Waals surface area contributed by atoms with Gasteiger partial charge in [-0.05, 0) is 37.6 Å². The topological polar surface area (TPSA) is 158 Å². The zero-order valence-corrected chi connectivity index (χ0v) is 21.0. The first kappa shape index (κ1) is 26.2. The third-order valence-electron chi connectivity index (χ3n) is 6.28. The first-order chi connectivity index (χ1) is 18.3. The van der Waals surface area contributed by atoms with Crippen LogP contribution in [0.1, 0.15) is 45.3 Å². The van der Waals surface area contributed by atoms with Gasteiger partial charge in [0.05, 0.1) is 41.2 Å². The molecule has 38 heavy (non-hydrogen) atoms. The van der Waals surface area contributed by atoms with Crippen molar-refractivity contribution in [1.29, 1.82) is 5.26 Å². The van der Waals surface area contributed by atoms with Crippen LogP contribution < -0.4 is 16.0 Å². The molecule has 1 atom stereocenters. The molecule has 2 amide bonds. The van der Waals surface area contributed by atoms with Crippen LogP contribution in [-0.2, 0) is 4.79 Å². The maximum absolute atomic E-state index is 14.1. The lowest BCUT2D eigenvalue weighted by Gasteiger charge is -2.29. The maximum Gasteiger partial charge on any atom is 0.252 e. The van der Waals surface area contributed by atoms with Gasteiger partial charge in [-0.3, -0.25) is 14.6 Å². The van der Waals surface area contributed by atoms with Crippen LogP contribution in [0.3, 0.4) is 0 Å². The van der Waals surface area contributed by atoms with Gasteiger partial charge in [0, 0.05) is 38.3 Å². The first-order valence-corrected chi connectivity index (χ1v) is 11.9. The summed E-state index contributed by atoms with van der Waals surface area (Å²) in [6.07, 6.45) is 4.38. The molecule has 0 saturated heterocycles. The van der Waals surface area contributed by atoms with Crippen LogP contribution >= 0.6 is 0 Å². The highest BCUT2D eigenvalue weighted by atomic mass is 19.1. The van der Waals surface area contributed by atoms with Crippen LogP contribution in [0.2, 0.25) is 0 Å². The Labute approximate surface area is 218 Å². The van der Waals surface area contributed by atoms with Gasteiger partial charge in [0.25, 0.3) is 5.91 Å². The van der Waals surface area contributed by atoms with E-state index in [0.29, 0.717) is 73.2 Å². The standard InChI is InChI=1S/C25H27FN10O2/c1-16-24(25(28)38)17(2)36(33-16)23-12-22(30-14-31-23)34(6-5-29-15-37)7-8-35-21(3-4-32-35)19-9-18(13-27)10-20(26)11-19/h4,9-12,14-15,21H,3,5-8H2,1-2H3,(H2,28,38)(H,29,37). The largest absolute Gasteiger partial charge is 0.365 e. The number of hydrazone groups is 1. The molecule has 0 radical (unpaired) electrons. The third kappa shape index (κ3) is 5.59. The van der Waals surface area contributed by atoms with Crippen LogP contribution in [0.4, 0.5) is 10.2 Å². The van der Waals surface area contributed by atoms with Gasteiger partial charge >= 0.3 is 0 Å². The number of rotatable bonds is 11. The Morgan fingerprint density at radius 3 is 2.82 bits per heavy atom. The second-order valence-electron chi connectivity index (χ2n) is 8.71. The summed E-state index contributed by atoms with van der Waals surface area (Å²) in [5, 5.41) is 22.6. The summed E-state index contributed by atoms with van der Waals surface area (Å²) in [6, 6.07) is 7.81. The van der Waals surface area contributed by atoms with Crippen molar-refractivity contribution in [2.24, 2.45) is 10.8 Å². The van der Waals surface area contributed by atoms with Gasteiger partial charge in [0.1, 0.15) is 18.0 Å². The fraction of sp³-hybridized carbons (Fsp3) is 0.320. The van der Waals surface area contributed by atoms with E-state index in [0.717, 1.165) is 0 Å². The van der Waals surface area contributed by atoms with E-state index in [1.165, 1.54) is 18.5 Å². The predicted molar refractivity (Wildman–Crippen MR) is 137 cm³/mol. The molecule has 3 N–H and O–H groups in total. The molecule has 2 aromatic heterocycles. The van der Waals surface area contributed by atoms with E-state index in [-0.39, 0.29) is 11.6 Å².